The van der Waals surface area contributed by atoms with Gasteiger partial charge in [0.05, 0.1) is 0 Å². The van der Waals surface area contributed by atoms with Crippen molar-refractivity contribution in [2.75, 3.05) is 0 Å². The first-order valence-corrected chi connectivity index (χ1v) is 10.4. The van der Waals surface area contributed by atoms with Gasteiger partial charge in [-0.3, -0.25) is 9.59 Å². The number of hydrogen-bond donors (Lipinski definition) is 0. The van der Waals surface area contributed by atoms with Crippen LogP contribution in [0.25, 0.3) is 21.8 Å². The van der Waals surface area contributed by atoms with E-state index in [9.17, 15) is 9.59 Å². The van der Waals surface area contributed by atoms with Crippen molar-refractivity contribution in [3.63, 3.8) is 0 Å². The Balaban J connectivity index is 1.73. The van der Waals surface area contributed by atoms with Crippen molar-refractivity contribution < 1.29 is 9.59 Å². The number of Topliss-reactive ketones (excluding diaryl/α,β-unsaturated/α-hetero) is 2. The van der Waals surface area contributed by atoms with Crippen LogP contribution in [0.4, 0.5) is 0 Å². The first-order valence-electron chi connectivity index (χ1n) is 10.4. The van der Waals surface area contributed by atoms with Crippen molar-refractivity contribution in [1.29, 1.82) is 0 Å². The molecule has 3 nitrogen and oxygen atoms in total. The number of rotatable bonds is 8. The highest BCUT2D eigenvalue weighted by Crippen LogP contribution is 2.30. The van der Waals surface area contributed by atoms with Crippen LogP contribution in [0.1, 0.15) is 53.3 Å². The largest absolute Gasteiger partial charge is 0.340 e. The fourth-order valence-electron chi connectivity index (χ4n) is 3.98. The average Bonchev–Trinajstić information content (AvgIpc) is 3.09. The van der Waals surface area contributed by atoms with Gasteiger partial charge in [0.1, 0.15) is 0 Å². The van der Waals surface area contributed by atoms with E-state index < -0.39 is 11.6 Å². The summed E-state index contributed by atoms with van der Waals surface area (Å²) in [7, 11) is 0. The van der Waals surface area contributed by atoms with Gasteiger partial charge < -0.3 is 4.57 Å². The van der Waals surface area contributed by atoms with Crippen LogP contribution in [-0.2, 0) is 6.54 Å². The standard InChI is InChI=1S/C26H25NO2/c1-2-3-4-10-17-27-23-14-9-8-13-21(23)22-18-20(15-16-24(22)27)26(29)25(28)19-11-6-5-7-12-19/h5-9,11-16,18H,2-4,10,17H2,1H3. The summed E-state index contributed by atoms with van der Waals surface area (Å²) in [6.07, 6.45) is 4.81. The molecule has 4 rings (SSSR count). The van der Waals surface area contributed by atoms with Gasteiger partial charge in [-0.15, -0.1) is 0 Å². The molecule has 146 valence electrons. The van der Waals surface area contributed by atoms with E-state index in [1.165, 1.54) is 24.8 Å². The predicted octanol–water partition coefficient (Wildman–Crippen LogP) is 6.44. The molecule has 29 heavy (non-hydrogen) atoms. The lowest BCUT2D eigenvalue weighted by Crippen LogP contribution is -2.14. The minimum Gasteiger partial charge on any atom is -0.340 e. The smallest absolute Gasteiger partial charge is 0.233 e. The molecule has 0 atom stereocenters. The first-order chi connectivity index (χ1) is 14.2. The van der Waals surface area contributed by atoms with Gasteiger partial charge in [0.25, 0.3) is 0 Å². The number of nitrogens with zero attached hydrogens (tertiary/aromatic N) is 1. The zero-order chi connectivity index (χ0) is 20.2. The Morgan fingerprint density at radius 2 is 1.38 bits per heavy atom. The average molecular weight is 383 g/mol. The second-order valence-electron chi connectivity index (χ2n) is 7.49. The molecule has 1 heterocycles. The highest BCUT2D eigenvalue weighted by molar-refractivity contribution is 6.49. The molecule has 0 N–H and O–H groups in total. The lowest BCUT2D eigenvalue weighted by molar-refractivity contribution is 0.0817. The first kappa shape index (κ1) is 19.1. The zero-order valence-electron chi connectivity index (χ0n) is 16.7. The van der Waals surface area contributed by atoms with E-state index in [0.717, 1.165) is 29.3 Å². The number of aromatic nitrogens is 1. The van der Waals surface area contributed by atoms with Crippen molar-refractivity contribution in [1.82, 2.24) is 4.57 Å². The zero-order valence-corrected chi connectivity index (χ0v) is 16.7. The number of benzene rings is 3. The number of unbranched alkanes of at least 4 members (excludes halogenated alkanes) is 3. The van der Waals surface area contributed by atoms with Crippen LogP contribution in [-0.4, -0.2) is 16.1 Å². The highest BCUT2D eigenvalue weighted by Gasteiger charge is 2.20. The van der Waals surface area contributed by atoms with E-state index in [1.54, 1.807) is 30.3 Å². The van der Waals surface area contributed by atoms with E-state index in [1.807, 2.05) is 24.3 Å². The molecule has 0 aliphatic heterocycles. The molecule has 0 amide bonds. The van der Waals surface area contributed by atoms with E-state index in [4.69, 9.17) is 0 Å². The van der Waals surface area contributed by atoms with E-state index >= 15 is 0 Å². The predicted molar refractivity (Wildman–Crippen MR) is 119 cm³/mol. The molecule has 0 unspecified atom stereocenters. The Bertz CT molecular complexity index is 1170. The van der Waals surface area contributed by atoms with E-state index in [2.05, 4.69) is 29.7 Å². The number of hydrogen-bond acceptors (Lipinski definition) is 2. The van der Waals surface area contributed by atoms with Gasteiger partial charge in [0.15, 0.2) is 0 Å². The normalized spacial score (nSPS) is 11.2. The molecule has 0 fully saturated rings. The number of aryl methyl sites for hydroxylation is 1. The maximum absolute atomic E-state index is 12.8. The van der Waals surface area contributed by atoms with Crippen molar-refractivity contribution in [2.24, 2.45) is 0 Å². The molecule has 3 heteroatoms. The Kier molecular flexibility index (Phi) is 5.57. The monoisotopic (exact) mass is 383 g/mol. The van der Waals surface area contributed by atoms with Crippen LogP contribution in [0.5, 0.6) is 0 Å². The van der Waals surface area contributed by atoms with Gasteiger partial charge in [-0.2, -0.15) is 0 Å². The SMILES string of the molecule is CCCCCCn1c2ccccc2c2cc(C(=O)C(=O)c3ccccc3)ccc21. The van der Waals surface area contributed by atoms with Gasteiger partial charge in [0.2, 0.25) is 11.6 Å². The molecule has 0 aliphatic rings. The molecule has 0 aliphatic carbocycles. The molecule has 3 aromatic carbocycles. The third kappa shape index (κ3) is 3.73. The van der Waals surface area contributed by atoms with Crippen molar-refractivity contribution in [3.05, 3.63) is 83.9 Å². The summed E-state index contributed by atoms with van der Waals surface area (Å²) in [5, 5.41) is 2.16. The Labute approximate surface area is 171 Å². The molecule has 0 radical (unpaired) electrons. The molecule has 0 saturated heterocycles. The molecular weight excluding hydrogens is 358 g/mol. The molecule has 0 spiro atoms. The number of carbonyl (C=O) groups is 2. The van der Waals surface area contributed by atoms with Gasteiger partial charge >= 0.3 is 0 Å². The number of para-hydroxylation sites is 1. The van der Waals surface area contributed by atoms with E-state index in [0.29, 0.717) is 11.1 Å². The van der Waals surface area contributed by atoms with Crippen molar-refractivity contribution in [2.45, 2.75) is 39.2 Å². The minimum absolute atomic E-state index is 0.427. The van der Waals surface area contributed by atoms with Gasteiger partial charge in [-0.05, 0) is 30.7 Å². The quantitative estimate of drug-likeness (QED) is 0.199. The molecule has 0 saturated carbocycles. The highest BCUT2D eigenvalue weighted by atomic mass is 16.2. The summed E-state index contributed by atoms with van der Waals surface area (Å²) in [5.41, 5.74) is 3.17. The van der Waals surface area contributed by atoms with Crippen LogP contribution >= 0.6 is 0 Å². The lowest BCUT2D eigenvalue weighted by Gasteiger charge is -2.07. The summed E-state index contributed by atoms with van der Waals surface area (Å²) < 4.78 is 2.34. The molecule has 1 aromatic heterocycles. The summed E-state index contributed by atoms with van der Waals surface area (Å²) in [6.45, 7) is 3.18. The van der Waals surface area contributed by atoms with Gasteiger partial charge in [0, 0.05) is 39.5 Å². The third-order valence-corrected chi connectivity index (χ3v) is 5.51. The topological polar surface area (TPSA) is 39.1 Å². The maximum atomic E-state index is 12.8. The Hall–Kier alpha value is -3.20. The second kappa shape index (κ2) is 8.44. The summed E-state index contributed by atoms with van der Waals surface area (Å²) in [4.78, 5) is 25.4. The van der Waals surface area contributed by atoms with Crippen LogP contribution in [0.15, 0.2) is 72.8 Å². The lowest BCUT2D eigenvalue weighted by atomic mass is 10.00. The maximum Gasteiger partial charge on any atom is 0.233 e. The van der Waals surface area contributed by atoms with Crippen LogP contribution in [0, 0.1) is 0 Å². The number of fused-ring (bicyclic) bond motifs is 3. The van der Waals surface area contributed by atoms with Gasteiger partial charge in [-0.1, -0.05) is 74.7 Å². The fraction of sp³-hybridized carbons (Fsp3) is 0.231. The van der Waals surface area contributed by atoms with E-state index in [-0.39, 0.29) is 0 Å². The van der Waals surface area contributed by atoms with Crippen molar-refractivity contribution >= 4 is 33.4 Å². The molecule has 0 bridgehead atoms. The van der Waals surface area contributed by atoms with Crippen LogP contribution in [0.2, 0.25) is 0 Å². The number of carbonyl (C=O) groups excluding carboxylic acids is 2. The summed E-state index contributed by atoms with van der Waals surface area (Å²) in [5.74, 6) is -0.925. The van der Waals surface area contributed by atoms with Crippen LogP contribution in [0.3, 0.4) is 0 Å². The van der Waals surface area contributed by atoms with Crippen molar-refractivity contribution in [3.8, 4) is 0 Å². The summed E-state index contributed by atoms with van der Waals surface area (Å²) >= 11 is 0. The van der Waals surface area contributed by atoms with Gasteiger partial charge in [-0.25, -0.2) is 0 Å². The van der Waals surface area contributed by atoms with Crippen LogP contribution < -0.4 is 0 Å². The summed E-state index contributed by atoms with van der Waals surface area (Å²) in [6, 6.07) is 22.7. The second-order valence-corrected chi connectivity index (χ2v) is 7.49. The molecular formula is C26H25NO2. The molecule has 4 aromatic rings. The Morgan fingerprint density at radius 3 is 2.17 bits per heavy atom. The Morgan fingerprint density at radius 1 is 0.690 bits per heavy atom. The fourth-order valence-corrected chi connectivity index (χ4v) is 3.98. The minimum atomic E-state index is -0.465. The number of ketones is 2. The third-order valence-electron chi connectivity index (χ3n) is 5.51.